The molecule has 0 saturated carbocycles. The summed E-state index contributed by atoms with van der Waals surface area (Å²) in [6, 6.07) is 0. The molecule has 17 heteroatoms. The van der Waals surface area contributed by atoms with Crippen molar-refractivity contribution in [3.8, 4) is 0 Å². The van der Waals surface area contributed by atoms with Gasteiger partial charge < -0.3 is 29.7 Å². The Bertz CT molecular complexity index is 850. The van der Waals surface area contributed by atoms with Crippen molar-refractivity contribution in [3.63, 3.8) is 0 Å². The Morgan fingerprint density at radius 3 is 1.51 bits per heavy atom. The fourth-order valence-corrected chi connectivity index (χ4v) is 3.67. The van der Waals surface area contributed by atoms with Gasteiger partial charge in [0.1, 0.15) is 0 Å². The minimum absolute atomic E-state index is 0. The number of rotatable bonds is 20. The maximum absolute atomic E-state index is 11.3. The zero-order valence-electron chi connectivity index (χ0n) is 20.8. The third-order valence-corrected chi connectivity index (χ3v) is 5.65. The number of aliphatic hydroxyl groups is 1. The molecule has 0 radical (unpaired) electrons. The van der Waals surface area contributed by atoms with Crippen LogP contribution >= 0.6 is 0 Å². The van der Waals surface area contributed by atoms with Gasteiger partial charge in [-0.2, -0.15) is 8.42 Å². The van der Waals surface area contributed by atoms with Crippen LogP contribution in [0.1, 0.15) is 96.8 Å². The van der Waals surface area contributed by atoms with Crippen molar-refractivity contribution in [1.82, 2.24) is 0 Å². The normalized spacial score (nSPS) is 12.7. The van der Waals surface area contributed by atoms with Gasteiger partial charge in [-0.25, -0.2) is 4.79 Å². The molecule has 0 amide bonds. The topological polar surface area (TPSA) is 250 Å². The monoisotopic (exact) mass is 606 g/mol. The van der Waals surface area contributed by atoms with Gasteiger partial charge in [-0.05, 0) is 6.42 Å². The van der Waals surface area contributed by atoms with Crippen LogP contribution in [0, 0.1) is 5.92 Å². The molecule has 220 valence electrons. The van der Waals surface area contributed by atoms with Crippen LogP contribution in [0.25, 0.3) is 0 Å². The van der Waals surface area contributed by atoms with Gasteiger partial charge in [0.2, 0.25) is 0 Å². The summed E-state index contributed by atoms with van der Waals surface area (Å²) < 4.78 is 31.1. The van der Waals surface area contributed by atoms with Crippen molar-refractivity contribution in [2.45, 2.75) is 102 Å². The third-order valence-electron chi connectivity index (χ3n) is 5.25. The van der Waals surface area contributed by atoms with Crippen LogP contribution in [0.5, 0.6) is 0 Å². The first-order valence-corrected chi connectivity index (χ1v) is 13.2. The van der Waals surface area contributed by atoms with E-state index in [2.05, 4.69) is 11.1 Å². The van der Waals surface area contributed by atoms with Crippen molar-refractivity contribution in [2.75, 3.05) is 0 Å². The van der Waals surface area contributed by atoms with E-state index in [9.17, 15) is 42.6 Å². The van der Waals surface area contributed by atoms with Crippen LogP contribution < -0.4 is 0 Å². The Labute approximate surface area is 272 Å². The van der Waals surface area contributed by atoms with E-state index in [1.807, 2.05) is 0 Å². The van der Waals surface area contributed by atoms with Crippen LogP contribution in [0.4, 0.5) is 0 Å². The number of aliphatic carboxylic acids is 4. The Morgan fingerprint density at radius 2 is 1.18 bits per heavy atom. The number of hydrogen-bond donors (Lipinski definition) is 6. The molecule has 39 heavy (non-hydrogen) atoms. The van der Waals surface area contributed by atoms with Crippen LogP contribution in [0.15, 0.2) is 0 Å². The number of unbranched alkanes of at least 4 members (excludes halogenated alkanes) is 9. The third kappa shape index (κ3) is 25.9. The van der Waals surface area contributed by atoms with Gasteiger partial charge in [-0.3, -0.25) is 23.7 Å². The van der Waals surface area contributed by atoms with E-state index in [4.69, 9.17) is 19.9 Å². The summed E-state index contributed by atoms with van der Waals surface area (Å²) in [6.45, 7) is 2.17. The number of carbonyl (C=O) groups is 5. The van der Waals surface area contributed by atoms with Gasteiger partial charge in [-0.1, -0.05) is 71.1 Å². The number of carbonyl (C=O) groups excluding carboxylic acids is 1. The average molecular weight is 607 g/mol. The Balaban J connectivity index is -0.000000371. The molecule has 0 rings (SSSR count). The number of hydrogen-bond acceptors (Lipinski definition) is 9. The van der Waals surface area contributed by atoms with Crippen LogP contribution in [-0.2, 0) is 38.6 Å². The van der Waals surface area contributed by atoms with E-state index < -0.39 is 71.0 Å². The van der Waals surface area contributed by atoms with Crippen molar-refractivity contribution in [2.24, 2.45) is 5.92 Å². The second-order valence-electron chi connectivity index (χ2n) is 8.44. The van der Waals surface area contributed by atoms with Gasteiger partial charge in [0, 0.05) is 0 Å². The van der Waals surface area contributed by atoms with Crippen molar-refractivity contribution < 1.29 is 66.7 Å². The van der Waals surface area contributed by atoms with E-state index in [1.54, 1.807) is 0 Å². The molecule has 0 aromatic carbocycles. The Kier molecular flexibility index (Phi) is 29.0. The Hall–Kier alpha value is -0.780. The van der Waals surface area contributed by atoms with Gasteiger partial charge >= 0.3 is 99.4 Å². The number of carboxylic acid groups (broad SMARTS) is 4. The average Bonchev–Trinajstić information content (AvgIpc) is 2.74. The molecule has 0 aliphatic carbocycles. The molecule has 0 aliphatic rings. The van der Waals surface area contributed by atoms with Crippen molar-refractivity contribution in [3.05, 3.63) is 0 Å². The second-order valence-corrected chi connectivity index (χ2v) is 9.46. The summed E-state index contributed by atoms with van der Waals surface area (Å²) in [5, 5.41) is 45.2. The first kappa shape index (κ1) is 45.2. The minimum atomic E-state index is -4.81. The molecule has 0 fully saturated rings. The van der Waals surface area contributed by atoms with E-state index in [-0.39, 0.29) is 65.5 Å². The molecule has 0 heterocycles. The van der Waals surface area contributed by atoms with Gasteiger partial charge in [-0.15, -0.1) is 0 Å². The summed E-state index contributed by atoms with van der Waals surface area (Å²) in [6.07, 6.45) is 8.11. The van der Waals surface area contributed by atoms with Gasteiger partial charge in [0.15, 0.2) is 5.60 Å². The van der Waals surface area contributed by atoms with Gasteiger partial charge in [0.05, 0.1) is 25.2 Å². The molecule has 2 atom stereocenters. The molecule has 2 unspecified atom stereocenters. The van der Waals surface area contributed by atoms with Crippen molar-refractivity contribution in [1.29, 1.82) is 0 Å². The molecule has 0 saturated heterocycles. The van der Waals surface area contributed by atoms with Crippen molar-refractivity contribution >= 4 is 99.4 Å². The molecule has 0 aliphatic heterocycles. The van der Waals surface area contributed by atoms with E-state index in [1.165, 1.54) is 32.1 Å². The summed E-state index contributed by atoms with van der Waals surface area (Å²) in [5.41, 5.74) is -2.78. The molecule has 0 spiro atoms. The fourth-order valence-electron chi connectivity index (χ4n) is 3.35. The molecular weight excluding hydrogens is 566 g/mol. The summed E-state index contributed by atoms with van der Waals surface area (Å²) in [7, 11) is -4.81. The predicted molar refractivity (Wildman–Crippen MR) is 141 cm³/mol. The van der Waals surface area contributed by atoms with E-state index in [0.717, 1.165) is 25.7 Å². The van der Waals surface area contributed by atoms with E-state index in [0.29, 0.717) is 6.42 Å². The molecule has 6 N–H and O–H groups in total. The quantitative estimate of drug-likeness (QED) is 0.0647. The Morgan fingerprint density at radius 1 is 0.744 bits per heavy atom. The number of carboxylic acids is 4. The molecular formula is C22H40Na2O14S. The van der Waals surface area contributed by atoms with E-state index >= 15 is 0 Å². The van der Waals surface area contributed by atoms with Crippen LogP contribution in [0.3, 0.4) is 0 Å². The fraction of sp³-hybridized carbons (Fsp3) is 0.773. The first-order valence-electron chi connectivity index (χ1n) is 11.9. The van der Waals surface area contributed by atoms with Gasteiger partial charge in [0.25, 0.3) is 0 Å². The predicted octanol–water partition coefficient (Wildman–Crippen LogP) is 1.19. The molecule has 0 aromatic rings. The molecule has 0 bridgehead atoms. The zero-order chi connectivity index (χ0) is 29.1. The summed E-state index contributed by atoms with van der Waals surface area (Å²) in [4.78, 5) is 53.5. The summed E-state index contributed by atoms with van der Waals surface area (Å²) >= 11 is 0. The summed E-state index contributed by atoms with van der Waals surface area (Å²) in [5.74, 6) is -9.03. The standard InChI is InChI=1S/C18H32O7.C4H6O7S.2Na.2H/c1-2-3-4-5-6-7-8-9-10-11-12-14(16(21)22)18(25,17(23)24)13-15(19)20;5-3(6)1-2-4(7)11-12(8,9)10;;;;/h14,25H,2-13H2,1H3,(H,19,20)(H,21,22)(H,23,24);1-2H2,(H,5,6)(H,8,9,10);;;;. The van der Waals surface area contributed by atoms with Crippen LogP contribution in [-0.4, -0.2) is 133 Å². The maximum atomic E-state index is 11.3. The molecule has 14 nitrogen and oxygen atoms in total. The van der Waals surface area contributed by atoms with Crippen LogP contribution in [0.2, 0.25) is 0 Å². The molecule has 0 aromatic heterocycles. The zero-order valence-corrected chi connectivity index (χ0v) is 21.7. The SMILES string of the molecule is CCCCCCCCCCCCC(C(=O)O)C(O)(CC(=O)O)C(=O)O.O=C(O)CCC(=O)OS(=O)(=O)O.[NaH].[NaH]. The first-order chi connectivity index (χ1) is 17.1. The second kappa shape index (κ2) is 25.0.